The normalized spacial score (nSPS) is 12.6. The Morgan fingerprint density at radius 3 is 2.05 bits per heavy atom. The number of benzene rings is 3. The third-order valence-corrected chi connectivity index (χ3v) is 7.98. The Labute approximate surface area is 251 Å². The standard InChI is InChI=1S/C32H33F6NO3S/c1-4-42-28(40)15-17-39-30(41)24-9-7-22(8-10-24)27(6-5-16-31(33,34)35)43-26-18-20(2)29(21(3)19-26)23-11-13-25(14-12-23)32(36,37)38/h7-14,18-19,27H,4-6,15-17H2,1-3H3,(H,39,41). The average molecular weight is 626 g/mol. The second-order valence-electron chi connectivity index (χ2n) is 10.1. The van der Waals surface area contributed by atoms with Gasteiger partial charge in [0.05, 0.1) is 18.6 Å². The van der Waals surface area contributed by atoms with Gasteiger partial charge in [-0.25, -0.2) is 0 Å². The van der Waals surface area contributed by atoms with E-state index in [9.17, 15) is 35.9 Å². The summed E-state index contributed by atoms with van der Waals surface area (Å²) < 4.78 is 82.7. The molecule has 0 fully saturated rings. The minimum absolute atomic E-state index is 0.0338. The first-order valence-electron chi connectivity index (χ1n) is 13.7. The third kappa shape index (κ3) is 10.3. The molecule has 3 aromatic carbocycles. The SMILES string of the molecule is CCOC(=O)CCNC(=O)c1ccc(C(CCCC(F)(F)F)Sc2cc(C)c(-c3ccc(C(F)(F)F)cc3)c(C)c2)cc1. The molecular formula is C32H33F6NO3S. The summed E-state index contributed by atoms with van der Waals surface area (Å²) in [5, 5.41) is 2.30. The van der Waals surface area contributed by atoms with Crippen molar-refractivity contribution in [2.24, 2.45) is 0 Å². The number of amides is 1. The fourth-order valence-corrected chi connectivity index (χ4v) is 6.08. The lowest BCUT2D eigenvalue weighted by Gasteiger charge is -2.20. The van der Waals surface area contributed by atoms with Crippen LogP contribution < -0.4 is 5.32 Å². The first-order valence-corrected chi connectivity index (χ1v) is 14.6. The Bertz CT molecular complexity index is 1360. The number of alkyl halides is 6. The summed E-state index contributed by atoms with van der Waals surface area (Å²) in [5.74, 6) is -0.808. The lowest BCUT2D eigenvalue weighted by Crippen LogP contribution is -2.26. The minimum Gasteiger partial charge on any atom is -0.466 e. The van der Waals surface area contributed by atoms with E-state index in [0.717, 1.165) is 39.3 Å². The van der Waals surface area contributed by atoms with Gasteiger partial charge in [-0.3, -0.25) is 9.59 Å². The molecule has 0 spiro atoms. The lowest BCUT2D eigenvalue weighted by atomic mass is 9.95. The number of nitrogens with one attached hydrogen (secondary N) is 1. The van der Waals surface area contributed by atoms with E-state index in [4.69, 9.17) is 4.74 Å². The van der Waals surface area contributed by atoms with Crippen LogP contribution in [0.3, 0.4) is 0 Å². The van der Waals surface area contributed by atoms with Gasteiger partial charge in [-0.2, -0.15) is 26.3 Å². The molecule has 1 unspecified atom stereocenters. The number of ether oxygens (including phenoxy) is 1. The van der Waals surface area contributed by atoms with E-state index in [1.165, 1.54) is 23.9 Å². The molecule has 0 aromatic heterocycles. The fraction of sp³-hybridized carbons (Fsp3) is 0.375. The minimum atomic E-state index is -4.43. The molecule has 0 heterocycles. The average Bonchev–Trinajstić information content (AvgIpc) is 2.91. The number of hydrogen-bond donors (Lipinski definition) is 1. The van der Waals surface area contributed by atoms with E-state index >= 15 is 0 Å². The van der Waals surface area contributed by atoms with Crippen molar-refractivity contribution in [2.75, 3.05) is 13.2 Å². The molecule has 0 bridgehead atoms. The number of esters is 1. The Balaban J connectivity index is 1.79. The van der Waals surface area contributed by atoms with Crippen molar-refractivity contribution in [2.45, 2.75) is 69.0 Å². The van der Waals surface area contributed by atoms with Crippen molar-refractivity contribution in [3.05, 3.63) is 88.5 Å². The summed E-state index contributed by atoms with van der Waals surface area (Å²) >= 11 is 1.40. The fourth-order valence-electron chi connectivity index (χ4n) is 4.68. The zero-order valence-electron chi connectivity index (χ0n) is 24.0. The smallest absolute Gasteiger partial charge is 0.416 e. The van der Waals surface area contributed by atoms with Gasteiger partial charge in [-0.05, 0) is 97.8 Å². The van der Waals surface area contributed by atoms with Gasteiger partial charge in [0, 0.05) is 28.7 Å². The summed E-state index contributed by atoms with van der Waals surface area (Å²) in [6, 6.07) is 15.3. The second kappa shape index (κ2) is 14.8. The van der Waals surface area contributed by atoms with Crippen LogP contribution in [0, 0.1) is 13.8 Å². The lowest BCUT2D eigenvalue weighted by molar-refractivity contribution is -0.143. The van der Waals surface area contributed by atoms with Gasteiger partial charge in [0.2, 0.25) is 0 Å². The van der Waals surface area contributed by atoms with Crippen LogP contribution in [-0.4, -0.2) is 31.2 Å². The van der Waals surface area contributed by atoms with Gasteiger partial charge >= 0.3 is 18.3 Å². The maximum Gasteiger partial charge on any atom is 0.416 e. The molecule has 0 saturated heterocycles. The van der Waals surface area contributed by atoms with Crippen molar-refractivity contribution in [3.8, 4) is 11.1 Å². The van der Waals surface area contributed by atoms with E-state index in [1.54, 1.807) is 31.2 Å². The molecule has 43 heavy (non-hydrogen) atoms. The van der Waals surface area contributed by atoms with Gasteiger partial charge < -0.3 is 10.1 Å². The molecule has 1 amide bonds. The summed E-state index contributed by atoms with van der Waals surface area (Å²) in [6.07, 6.45) is -9.46. The van der Waals surface area contributed by atoms with Gasteiger partial charge in [-0.15, -0.1) is 11.8 Å². The number of halogens is 6. The van der Waals surface area contributed by atoms with Crippen molar-refractivity contribution >= 4 is 23.6 Å². The monoisotopic (exact) mass is 625 g/mol. The number of hydrogen-bond acceptors (Lipinski definition) is 4. The van der Waals surface area contributed by atoms with Crippen LogP contribution in [0.2, 0.25) is 0 Å². The highest BCUT2D eigenvalue weighted by molar-refractivity contribution is 7.99. The predicted octanol–water partition coefficient (Wildman–Crippen LogP) is 9.24. The predicted molar refractivity (Wildman–Crippen MR) is 155 cm³/mol. The topological polar surface area (TPSA) is 55.4 Å². The van der Waals surface area contributed by atoms with Crippen LogP contribution in [0.5, 0.6) is 0 Å². The van der Waals surface area contributed by atoms with Crippen LogP contribution in [0.1, 0.15) is 70.5 Å². The van der Waals surface area contributed by atoms with Crippen LogP contribution in [-0.2, 0) is 15.7 Å². The third-order valence-electron chi connectivity index (χ3n) is 6.68. The van der Waals surface area contributed by atoms with E-state index in [1.807, 2.05) is 26.0 Å². The maximum atomic E-state index is 13.0. The Kier molecular flexibility index (Phi) is 11.7. The van der Waals surface area contributed by atoms with Gasteiger partial charge in [0.15, 0.2) is 0 Å². The van der Waals surface area contributed by atoms with Gasteiger partial charge in [0.25, 0.3) is 5.91 Å². The highest BCUT2D eigenvalue weighted by Crippen LogP contribution is 2.42. The highest BCUT2D eigenvalue weighted by Gasteiger charge is 2.30. The molecule has 3 rings (SSSR count). The van der Waals surface area contributed by atoms with E-state index in [-0.39, 0.29) is 43.6 Å². The quantitative estimate of drug-likeness (QED) is 0.124. The molecule has 0 saturated carbocycles. The van der Waals surface area contributed by atoms with Gasteiger partial charge in [-0.1, -0.05) is 24.3 Å². The molecule has 1 N–H and O–H groups in total. The molecule has 0 radical (unpaired) electrons. The summed E-state index contributed by atoms with van der Waals surface area (Å²) in [7, 11) is 0. The Morgan fingerprint density at radius 2 is 1.51 bits per heavy atom. The number of rotatable bonds is 12. The van der Waals surface area contributed by atoms with Crippen molar-refractivity contribution < 1.29 is 40.7 Å². The maximum absolute atomic E-state index is 13.0. The Morgan fingerprint density at radius 1 is 0.907 bits per heavy atom. The second-order valence-corrected chi connectivity index (χ2v) is 11.3. The summed E-state index contributed by atoms with van der Waals surface area (Å²) in [6.45, 7) is 5.74. The number of carbonyl (C=O) groups is 2. The van der Waals surface area contributed by atoms with Crippen molar-refractivity contribution in [1.82, 2.24) is 5.32 Å². The van der Waals surface area contributed by atoms with Crippen molar-refractivity contribution in [3.63, 3.8) is 0 Å². The van der Waals surface area contributed by atoms with E-state index < -0.39 is 30.3 Å². The first-order chi connectivity index (χ1) is 20.2. The number of carbonyl (C=O) groups excluding carboxylic acids is 2. The zero-order valence-corrected chi connectivity index (χ0v) is 24.8. The largest absolute Gasteiger partial charge is 0.466 e. The zero-order chi connectivity index (χ0) is 31.8. The molecule has 0 aliphatic carbocycles. The number of aryl methyl sites for hydroxylation is 2. The van der Waals surface area contributed by atoms with Gasteiger partial charge in [0.1, 0.15) is 0 Å². The molecule has 4 nitrogen and oxygen atoms in total. The van der Waals surface area contributed by atoms with E-state index in [0.29, 0.717) is 11.1 Å². The molecule has 3 aromatic rings. The highest BCUT2D eigenvalue weighted by atomic mass is 32.2. The molecule has 11 heteroatoms. The first kappa shape index (κ1) is 34.0. The molecule has 1 atom stereocenters. The molecule has 232 valence electrons. The van der Waals surface area contributed by atoms with Crippen LogP contribution >= 0.6 is 11.8 Å². The number of thioether (sulfide) groups is 1. The molecule has 0 aliphatic heterocycles. The summed E-state index contributed by atoms with van der Waals surface area (Å²) in [5.41, 5.74) is 3.44. The van der Waals surface area contributed by atoms with Crippen molar-refractivity contribution in [1.29, 1.82) is 0 Å². The van der Waals surface area contributed by atoms with Crippen LogP contribution in [0.25, 0.3) is 11.1 Å². The molecule has 0 aliphatic rings. The van der Waals surface area contributed by atoms with Crippen LogP contribution in [0.15, 0.2) is 65.6 Å². The Hall–Kier alpha value is -3.47. The molecular weight excluding hydrogens is 592 g/mol. The summed E-state index contributed by atoms with van der Waals surface area (Å²) in [4.78, 5) is 24.8. The van der Waals surface area contributed by atoms with Crippen LogP contribution in [0.4, 0.5) is 26.3 Å². The van der Waals surface area contributed by atoms with E-state index in [2.05, 4.69) is 5.32 Å².